The molecule has 0 unspecified atom stereocenters. The molecule has 1 aromatic carbocycles. The van der Waals surface area contributed by atoms with Gasteiger partial charge in [-0.1, -0.05) is 19.9 Å². The van der Waals surface area contributed by atoms with Crippen LogP contribution in [-0.4, -0.2) is 17.6 Å². The molecule has 138 valence electrons. The summed E-state index contributed by atoms with van der Waals surface area (Å²) in [7, 11) is 0. The first kappa shape index (κ1) is 16.2. The number of rotatable bonds is 1. The second kappa shape index (κ2) is 5.74. The summed E-state index contributed by atoms with van der Waals surface area (Å²) in [5.74, 6) is 2.34. The lowest BCUT2D eigenvalue weighted by molar-refractivity contribution is -0.118. The van der Waals surface area contributed by atoms with Gasteiger partial charge in [-0.05, 0) is 41.7 Å². The van der Waals surface area contributed by atoms with Crippen molar-refractivity contribution in [1.29, 1.82) is 0 Å². The van der Waals surface area contributed by atoms with E-state index in [1.54, 1.807) is 6.20 Å². The fourth-order valence-corrected chi connectivity index (χ4v) is 4.12. The molecule has 5 rings (SSSR count). The van der Waals surface area contributed by atoms with E-state index in [2.05, 4.69) is 29.5 Å². The second-order valence-corrected chi connectivity index (χ2v) is 8.05. The second-order valence-electron chi connectivity index (χ2n) is 8.05. The fourth-order valence-electron chi connectivity index (χ4n) is 4.12. The SMILES string of the molecule is CC1(C)CC(=O)C2=C(C1)Nc1cccnc1N[C@@H]2c1ccc2c(c1)OCO2. The highest BCUT2D eigenvalue weighted by molar-refractivity contribution is 6.00. The van der Waals surface area contributed by atoms with Crippen LogP contribution in [0.2, 0.25) is 0 Å². The standard InChI is InChI=1S/C21H21N3O3/c1-21(2)9-14-18(15(25)10-21)19(24-20-13(23-14)4-3-7-22-20)12-5-6-16-17(8-12)27-11-26-16/h3-8,19,23H,9-11H2,1-2H3,(H,22,24)/t19-/m1/s1. The van der Waals surface area contributed by atoms with Crippen LogP contribution in [0.5, 0.6) is 11.5 Å². The van der Waals surface area contributed by atoms with Gasteiger partial charge in [-0.15, -0.1) is 0 Å². The van der Waals surface area contributed by atoms with Crippen molar-refractivity contribution in [3.05, 3.63) is 53.4 Å². The van der Waals surface area contributed by atoms with Crippen molar-refractivity contribution in [3.8, 4) is 11.5 Å². The van der Waals surface area contributed by atoms with Gasteiger partial charge in [0.1, 0.15) is 5.82 Å². The van der Waals surface area contributed by atoms with Crippen LogP contribution in [0.15, 0.2) is 47.8 Å². The molecule has 3 heterocycles. The van der Waals surface area contributed by atoms with Crippen molar-refractivity contribution in [3.63, 3.8) is 0 Å². The molecule has 0 fully saturated rings. The predicted molar refractivity (Wildman–Crippen MR) is 102 cm³/mol. The largest absolute Gasteiger partial charge is 0.454 e. The number of aromatic nitrogens is 1. The summed E-state index contributed by atoms with van der Waals surface area (Å²) in [5.41, 5.74) is 3.53. The monoisotopic (exact) mass is 363 g/mol. The average Bonchev–Trinajstić information content (AvgIpc) is 3.01. The number of allylic oxidation sites excluding steroid dienone is 1. The van der Waals surface area contributed by atoms with Crippen molar-refractivity contribution in [2.75, 3.05) is 17.4 Å². The van der Waals surface area contributed by atoms with E-state index in [0.717, 1.165) is 40.5 Å². The van der Waals surface area contributed by atoms with Gasteiger partial charge in [0.2, 0.25) is 6.79 Å². The number of ketones is 1. The fraction of sp³-hybridized carbons (Fsp3) is 0.333. The van der Waals surface area contributed by atoms with E-state index in [1.807, 2.05) is 30.3 Å². The minimum absolute atomic E-state index is 0.0743. The van der Waals surface area contributed by atoms with Crippen molar-refractivity contribution in [2.45, 2.75) is 32.7 Å². The third kappa shape index (κ3) is 2.72. The Bertz CT molecular complexity index is 980. The number of nitrogens with zero attached hydrogens (tertiary/aromatic N) is 1. The summed E-state index contributed by atoms with van der Waals surface area (Å²) in [6, 6.07) is 9.41. The Morgan fingerprint density at radius 1 is 1.15 bits per heavy atom. The number of Topliss-reactive ketones (excluding diaryl/α,β-unsaturated/α-hetero) is 1. The van der Waals surface area contributed by atoms with E-state index in [1.165, 1.54) is 0 Å². The highest BCUT2D eigenvalue weighted by atomic mass is 16.7. The molecule has 3 aliphatic rings. The first-order valence-electron chi connectivity index (χ1n) is 9.15. The molecule has 0 amide bonds. The third-order valence-electron chi connectivity index (χ3n) is 5.31. The van der Waals surface area contributed by atoms with E-state index in [9.17, 15) is 4.79 Å². The first-order chi connectivity index (χ1) is 13.0. The van der Waals surface area contributed by atoms with Gasteiger partial charge in [0, 0.05) is 23.9 Å². The molecule has 0 spiro atoms. The molecular formula is C21H21N3O3. The smallest absolute Gasteiger partial charge is 0.231 e. The normalized spacial score (nSPS) is 22.3. The maximum Gasteiger partial charge on any atom is 0.231 e. The minimum Gasteiger partial charge on any atom is -0.454 e. The average molecular weight is 363 g/mol. The molecule has 27 heavy (non-hydrogen) atoms. The number of nitrogens with one attached hydrogen (secondary N) is 2. The topological polar surface area (TPSA) is 72.5 Å². The van der Waals surface area contributed by atoms with Crippen molar-refractivity contribution in [2.24, 2.45) is 5.41 Å². The molecule has 2 N–H and O–H groups in total. The lowest BCUT2D eigenvalue weighted by Gasteiger charge is -2.34. The summed E-state index contributed by atoms with van der Waals surface area (Å²) < 4.78 is 11.0. The molecule has 0 bridgehead atoms. The van der Waals surface area contributed by atoms with Crippen LogP contribution in [0.25, 0.3) is 0 Å². The Labute approximate surface area is 157 Å². The molecule has 0 saturated carbocycles. The van der Waals surface area contributed by atoms with Gasteiger partial charge < -0.3 is 20.1 Å². The Kier molecular flexibility index (Phi) is 3.44. The molecule has 0 radical (unpaired) electrons. The molecule has 2 aromatic rings. The van der Waals surface area contributed by atoms with Gasteiger partial charge in [-0.25, -0.2) is 4.98 Å². The zero-order chi connectivity index (χ0) is 18.6. The van der Waals surface area contributed by atoms with Gasteiger partial charge in [-0.3, -0.25) is 4.79 Å². The molecule has 1 aliphatic carbocycles. The predicted octanol–water partition coefficient (Wildman–Crippen LogP) is 4.03. The molecule has 6 heteroatoms. The molecule has 0 saturated heterocycles. The number of hydrogen-bond acceptors (Lipinski definition) is 6. The number of hydrogen-bond donors (Lipinski definition) is 2. The first-order valence-corrected chi connectivity index (χ1v) is 9.15. The van der Waals surface area contributed by atoms with Gasteiger partial charge in [-0.2, -0.15) is 0 Å². The maximum absolute atomic E-state index is 13.2. The number of pyridine rings is 1. The van der Waals surface area contributed by atoms with E-state index >= 15 is 0 Å². The number of anilines is 2. The van der Waals surface area contributed by atoms with Crippen LogP contribution in [0, 0.1) is 5.41 Å². The lowest BCUT2D eigenvalue weighted by atomic mass is 9.73. The Morgan fingerprint density at radius 2 is 2.00 bits per heavy atom. The summed E-state index contributed by atoms with van der Waals surface area (Å²) in [5, 5.41) is 6.95. The molecule has 1 atom stereocenters. The van der Waals surface area contributed by atoms with Gasteiger partial charge in [0.05, 0.1) is 11.7 Å². The highest BCUT2D eigenvalue weighted by Crippen LogP contribution is 2.46. The van der Waals surface area contributed by atoms with Crippen LogP contribution < -0.4 is 20.1 Å². The number of ether oxygens (including phenoxy) is 2. The molecular weight excluding hydrogens is 342 g/mol. The van der Waals surface area contributed by atoms with Crippen LogP contribution in [0.3, 0.4) is 0 Å². The van der Waals surface area contributed by atoms with Gasteiger partial charge >= 0.3 is 0 Å². The number of benzene rings is 1. The zero-order valence-corrected chi connectivity index (χ0v) is 15.3. The van der Waals surface area contributed by atoms with Crippen LogP contribution >= 0.6 is 0 Å². The lowest BCUT2D eigenvalue weighted by Crippen LogP contribution is -2.31. The van der Waals surface area contributed by atoms with Crippen LogP contribution in [-0.2, 0) is 4.79 Å². The Hall–Kier alpha value is -3.02. The summed E-state index contributed by atoms with van der Waals surface area (Å²) in [6.45, 7) is 4.49. The highest BCUT2D eigenvalue weighted by Gasteiger charge is 2.39. The van der Waals surface area contributed by atoms with Gasteiger partial charge in [0.15, 0.2) is 17.3 Å². The van der Waals surface area contributed by atoms with Crippen LogP contribution in [0.4, 0.5) is 11.5 Å². The molecule has 2 aliphatic heterocycles. The Balaban J connectivity index is 1.67. The maximum atomic E-state index is 13.2. The van der Waals surface area contributed by atoms with E-state index in [4.69, 9.17) is 9.47 Å². The summed E-state index contributed by atoms with van der Waals surface area (Å²) in [6.07, 6.45) is 3.09. The Morgan fingerprint density at radius 3 is 2.89 bits per heavy atom. The molecule has 6 nitrogen and oxygen atoms in total. The van der Waals surface area contributed by atoms with Gasteiger partial charge in [0.25, 0.3) is 0 Å². The van der Waals surface area contributed by atoms with Crippen molar-refractivity contribution in [1.82, 2.24) is 4.98 Å². The molecule has 1 aromatic heterocycles. The summed E-state index contributed by atoms with van der Waals surface area (Å²) >= 11 is 0. The number of fused-ring (bicyclic) bond motifs is 2. The number of carbonyl (C=O) groups is 1. The van der Waals surface area contributed by atoms with Crippen molar-refractivity contribution < 1.29 is 14.3 Å². The van der Waals surface area contributed by atoms with Crippen molar-refractivity contribution >= 4 is 17.3 Å². The third-order valence-corrected chi connectivity index (χ3v) is 5.31. The van der Waals surface area contributed by atoms with E-state index < -0.39 is 0 Å². The van der Waals surface area contributed by atoms with E-state index in [0.29, 0.717) is 12.2 Å². The van der Waals surface area contributed by atoms with E-state index in [-0.39, 0.29) is 24.0 Å². The summed E-state index contributed by atoms with van der Waals surface area (Å²) in [4.78, 5) is 17.6. The quantitative estimate of drug-likeness (QED) is 0.797. The zero-order valence-electron chi connectivity index (χ0n) is 15.3. The van der Waals surface area contributed by atoms with Crippen LogP contribution in [0.1, 0.15) is 38.3 Å². The minimum atomic E-state index is -0.290. The number of carbonyl (C=O) groups excluding carboxylic acids is 1.